The van der Waals surface area contributed by atoms with Gasteiger partial charge in [-0.2, -0.15) is 0 Å². The summed E-state index contributed by atoms with van der Waals surface area (Å²) in [5.74, 6) is -1.08. The summed E-state index contributed by atoms with van der Waals surface area (Å²) in [6, 6.07) is 8.36. The third-order valence-electron chi connectivity index (χ3n) is 3.79. The van der Waals surface area contributed by atoms with Crippen LogP contribution >= 0.6 is 0 Å². The van der Waals surface area contributed by atoms with Crippen molar-refractivity contribution < 1.29 is 33.0 Å². The molecule has 0 saturated carbocycles. The van der Waals surface area contributed by atoms with Crippen molar-refractivity contribution in [1.29, 1.82) is 0 Å². The summed E-state index contributed by atoms with van der Waals surface area (Å²) in [5.41, 5.74) is 1.06. The number of hydrogen-bond acceptors (Lipinski definition) is 6. The van der Waals surface area contributed by atoms with Crippen LogP contribution in [0.25, 0.3) is 0 Å². The fourth-order valence-electron chi connectivity index (χ4n) is 2.49. The summed E-state index contributed by atoms with van der Waals surface area (Å²) in [6.07, 6.45) is -0.0870. The minimum Gasteiger partial charge on any atom is -0.455 e. The number of fused-ring (bicyclic) bond motifs is 1. The molecule has 0 aliphatic carbocycles. The lowest BCUT2D eigenvalue weighted by molar-refractivity contribution is -0.146. The van der Waals surface area contributed by atoms with Crippen LogP contribution in [0.3, 0.4) is 0 Å². The van der Waals surface area contributed by atoms with Gasteiger partial charge in [0.25, 0.3) is 5.91 Å². The Bertz CT molecular complexity index is 894. The molecular weight excluding hydrogens is 357 g/mol. The van der Waals surface area contributed by atoms with Crippen molar-refractivity contribution in [2.45, 2.75) is 13.3 Å². The Hall–Kier alpha value is -3.42. The molecule has 8 heteroatoms. The SMILES string of the molecule is CC(=O)c1cc2c(cc1NC(=O)COC(=O)Cc1ccc(F)cc1)OCO2. The number of anilines is 1. The normalized spacial score (nSPS) is 11.8. The molecular formula is C19H16FNO6. The van der Waals surface area contributed by atoms with Crippen LogP contribution in [0.15, 0.2) is 36.4 Å². The largest absolute Gasteiger partial charge is 0.455 e. The molecule has 2 aromatic carbocycles. The fourth-order valence-corrected chi connectivity index (χ4v) is 2.49. The molecule has 1 aliphatic rings. The zero-order valence-electron chi connectivity index (χ0n) is 14.4. The third-order valence-corrected chi connectivity index (χ3v) is 3.79. The first-order valence-electron chi connectivity index (χ1n) is 8.07. The van der Waals surface area contributed by atoms with Gasteiger partial charge in [0.2, 0.25) is 6.79 Å². The zero-order valence-corrected chi connectivity index (χ0v) is 14.4. The zero-order chi connectivity index (χ0) is 19.4. The van der Waals surface area contributed by atoms with Crippen LogP contribution in [0.2, 0.25) is 0 Å². The smallest absolute Gasteiger partial charge is 0.310 e. The van der Waals surface area contributed by atoms with E-state index in [9.17, 15) is 18.8 Å². The molecule has 0 spiro atoms. The van der Waals surface area contributed by atoms with Crippen LogP contribution in [-0.2, 0) is 20.7 Å². The quantitative estimate of drug-likeness (QED) is 0.618. The molecule has 1 amide bonds. The van der Waals surface area contributed by atoms with Crippen molar-refractivity contribution in [3.8, 4) is 11.5 Å². The number of carbonyl (C=O) groups excluding carboxylic acids is 3. The van der Waals surface area contributed by atoms with Crippen molar-refractivity contribution in [2.24, 2.45) is 0 Å². The molecule has 2 aromatic rings. The van der Waals surface area contributed by atoms with Gasteiger partial charge in [0.15, 0.2) is 23.9 Å². The van der Waals surface area contributed by atoms with Gasteiger partial charge in [-0.25, -0.2) is 4.39 Å². The molecule has 0 fully saturated rings. The maximum atomic E-state index is 12.8. The maximum Gasteiger partial charge on any atom is 0.310 e. The van der Waals surface area contributed by atoms with Gasteiger partial charge >= 0.3 is 5.97 Å². The molecule has 0 atom stereocenters. The van der Waals surface area contributed by atoms with Gasteiger partial charge in [0.1, 0.15) is 5.82 Å². The Kier molecular flexibility index (Phi) is 5.35. The number of Topliss-reactive ketones (excluding diaryl/α,β-unsaturated/α-hetero) is 1. The van der Waals surface area contributed by atoms with Crippen LogP contribution in [-0.4, -0.2) is 31.1 Å². The van der Waals surface area contributed by atoms with E-state index < -0.39 is 24.3 Å². The van der Waals surface area contributed by atoms with E-state index in [4.69, 9.17) is 14.2 Å². The Balaban J connectivity index is 1.58. The van der Waals surface area contributed by atoms with Gasteiger partial charge in [0, 0.05) is 11.6 Å². The number of rotatable bonds is 6. The minimum absolute atomic E-state index is 0.0328. The number of hydrogen-bond donors (Lipinski definition) is 1. The standard InChI is InChI=1S/C19H16FNO6/c1-11(22)14-7-16-17(27-10-26-16)8-15(14)21-18(23)9-25-19(24)6-12-2-4-13(20)5-3-12/h2-5,7-8H,6,9-10H2,1H3,(H,21,23). The number of benzene rings is 2. The second-order valence-corrected chi connectivity index (χ2v) is 5.82. The molecule has 1 N–H and O–H groups in total. The second kappa shape index (κ2) is 7.86. The number of nitrogens with one attached hydrogen (secondary N) is 1. The number of esters is 1. The van der Waals surface area contributed by atoms with Crippen molar-refractivity contribution in [3.63, 3.8) is 0 Å². The van der Waals surface area contributed by atoms with Crippen molar-refractivity contribution in [3.05, 3.63) is 53.3 Å². The molecule has 0 aromatic heterocycles. The number of amides is 1. The summed E-state index contributed by atoms with van der Waals surface area (Å²) in [6.45, 7) is 0.868. The lowest BCUT2D eigenvalue weighted by Crippen LogP contribution is -2.22. The lowest BCUT2D eigenvalue weighted by atomic mass is 10.1. The van der Waals surface area contributed by atoms with E-state index in [1.54, 1.807) is 0 Å². The Morgan fingerprint density at radius 3 is 2.44 bits per heavy atom. The lowest BCUT2D eigenvalue weighted by Gasteiger charge is -2.11. The van der Waals surface area contributed by atoms with E-state index >= 15 is 0 Å². The van der Waals surface area contributed by atoms with Crippen LogP contribution < -0.4 is 14.8 Å². The predicted octanol–water partition coefficient (Wildman–Crippen LogP) is 2.48. The summed E-state index contributed by atoms with van der Waals surface area (Å²) < 4.78 is 28.2. The van der Waals surface area contributed by atoms with E-state index in [2.05, 4.69) is 5.32 Å². The molecule has 0 bridgehead atoms. The van der Waals surface area contributed by atoms with Crippen LogP contribution in [0.5, 0.6) is 11.5 Å². The van der Waals surface area contributed by atoms with Crippen LogP contribution in [0, 0.1) is 5.82 Å². The van der Waals surface area contributed by atoms with E-state index in [0.29, 0.717) is 17.1 Å². The molecule has 1 heterocycles. The van der Waals surface area contributed by atoms with Crippen molar-refractivity contribution in [1.82, 2.24) is 0 Å². The van der Waals surface area contributed by atoms with Crippen molar-refractivity contribution >= 4 is 23.3 Å². The molecule has 27 heavy (non-hydrogen) atoms. The van der Waals surface area contributed by atoms with Gasteiger partial charge in [-0.05, 0) is 30.7 Å². The fraction of sp³-hybridized carbons (Fsp3) is 0.211. The number of halogens is 1. The molecule has 0 unspecified atom stereocenters. The highest BCUT2D eigenvalue weighted by Crippen LogP contribution is 2.37. The van der Waals surface area contributed by atoms with Crippen LogP contribution in [0.1, 0.15) is 22.8 Å². The molecule has 0 saturated heterocycles. The highest BCUT2D eigenvalue weighted by molar-refractivity contribution is 6.05. The third kappa shape index (κ3) is 4.60. The van der Waals surface area contributed by atoms with Gasteiger partial charge in [0.05, 0.1) is 12.1 Å². The average Bonchev–Trinajstić information content (AvgIpc) is 3.08. The number of carbonyl (C=O) groups is 3. The Morgan fingerprint density at radius 2 is 1.78 bits per heavy atom. The van der Waals surface area contributed by atoms with Gasteiger partial charge in [-0.1, -0.05) is 12.1 Å². The predicted molar refractivity (Wildman–Crippen MR) is 92.3 cm³/mol. The molecule has 1 aliphatic heterocycles. The summed E-state index contributed by atoms with van der Waals surface area (Å²) in [7, 11) is 0. The van der Waals surface area contributed by atoms with E-state index in [-0.39, 0.29) is 30.2 Å². The topological polar surface area (TPSA) is 90.9 Å². The highest BCUT2D eigenvalue weighted by Gasteiger charge is 2.20. The molecule has 140 valence electrons. The first-order chi connectivity index (χ1) is 12.9. The first kappa shape index (κ1) is 18.4. The minimum atomic E-state index is -0.630. The molecule has 7 nitrogen and oxygen atoms in total. The maximum absolute atomic E-state index is 12.8. The van der Waals surface area contributed by atoms with Gasteiger partial charge in [-0.15, -0.1) is 0 Å². The van der Waals surface area contributed by atoms with Crippen LogP contribution in [0.4, 0.5) is 10.1 Å². The summed E-state index contributed by atoms with van der Waals surface area (Å²) in [5, 5.41) is 2.53. The number of ether oxygens (including phenoxy) is 3. The molecule has 3 rings (SSSR count). The average molecular weight is 373 g/mol. The second-order valence-electron chi connectivity index (χ2n) is 5.82. The first-order valence-corrected chi connectivity index (χ1v) is 8.07. The van der Waals surface area contributed by atoms with E-state index in [0.717, 1.165) is 0 Å². The van der Waals surface area contributed by atoms with E-state index in [1.165, 1.54) is 43.3 Å². The van der Waals surface area contributed by atoms with Gasteiger partial charge in [-0.3, -0.25) is 14.4 Å². The Labute approximate surface area is 154 Å². The van der Waals surface area contributed by atoms with E-state index in [1.807, 2.05) is 0 Å². The summed E-state index contributed by atoms with van der Waals surface area (Å²) in [4.78, 5) is 35.6. The summed E-state index contributed by atoms with van der Waals surface area (Å²) >= 11 is 0. The monoisotopic (exact) mass is 373 g/mol. The Morgan fingerprint density at radius 1 is 1.11 bits per heavy atom. The van der Waals surface area contributed by atoms with Gasteiger partial charge < -0.3 is 19.5 Å². The molecule has 0 radical (unpaired) electrons. The van der Waals surface area contributed by atoms with Crippen molar-refractivity contribution in [2.75, 3.05) is 18.7 Å². The number of ketones is 1. The highest BCUT2D eigenvalue weighted by atomic mass is 19.1.